The fraction of sp³-hybridized carbons (Fsp3) is 0.167. The van der Waals surface area contributed by atoms with E-state index in [0.29, 0.717) is 23.0 Å². The third kappa shape index (κ3) is 3.72. The van der Waals surface area contributed by atoms with Crippen molar-refractivity contribution in [1.29, 1.82) is 0 Å². The molecule has 4 aromatic rings. The monoisotopic (exact) mass is 402 g/mol. The molecule has 2 aromatic heterocycles. The van der Waals surface area contributed by atoms with Gasteiger partial charge in [-0.3, -0.25) is 4.98 Å². The zero-order chi connectivity index (χ0) is 21.1. The van der Waals surface area contributed by atoms with Gasteiger partial charge in [-0.25, -0.2) is 4.98 Å². The molecule has 152 valence electrons. The third-order valence-electron chi connectivity index (χ3n) is 4.79. The van der Waals surface area contributed by atoms with Crippen LogP contribution in [-0.4, -0.2) is 31.3 Å². The molecule has 2 aromatic carbocycles. The Morgan fingerprint density at radius 2 is 1.43 bits per heavy atom. The number of methoxy groups -OCH3 is 3. The molecule has 0 amide bonds. The first kappa shape index (κ1) is 19.5. The van der Waals surface area contributed by atoms with Crippen molar-refractivity contribution < 1.29 is 18.9 Å². The summed E-state index contributed by atoms with van der Waals surface area (Å²) in [6, 6.07) is 17.1. The minimum atomic E-state index is 0.611. The molecule has 0 aliphatic heterocycles. The lowest BCUT2D eigenvalue weighted by Gasteiger charge is -2.14. The number of aryl methyl sites for hydroxylation is 1. The van der Waals surface area contributed by atoms with Gasteiger partial charge in [-0.05, 0) is 55.5 Å². The molecule has 6 heteroatoms. The summed E-state index contributed by atoms with van der Waals surface area (Å²) >= 11 is 0. The fourth-order valence-corrected chi connectivity index (χ4v) is 3.24. The van der Waals surface area contributed by atoms with E-state index < -0.39 is 0 Å². The first-order chi connectivity index (χ1) is 14.6. The first-order valence-electron chi connectivity index (χ1n) is 9.43. The van der Waals surface area contributed by atoms with Gasteiger partial charge >= 0.3 is 0 Å². The highest BCUT2D eigenvalue weighted by molar-refractivity contribution is 5.88. The summed E-state index contributed by atoms with van der Waals surface area (Å²) in [6.45, 7) is 1.95. The van der Waals surface area contributed by atoms with Crippen molar-refractivity contribution in [2.24, 2.45) is 0 Å². The normalized spacial score (nSPS) is 10.7. The van der Waals surface area contributed by atoms with Gasteiger partial charge in [-0.1, -0.05) is 0 Å². The number of ether oxygens (including phenoxy) is 4. The van der Waals surface area contributed by atoms with Gasteiger partial charge in [0.1, 0.15) is 17.2 Å². The van der Waals surface area contributed by atoms with E-state index in [4.69, 9.17) is 23.9 Å². The van der Waals surface area contributed by atoms with Crippen LogP contribution < -0.4 is 18.9 Å². The molecule has 0 unspecified atom stereocenters. The fourth-order valence-electron chi connectivity index (χ4n) is 3.24. The second-order valence-corrected chi connectivity index (χ2v) is 6.66. The number of pyridine rings is 2. The van der Waals surface area contributed by atoms with Crippen molar-refractivity contribution >= 4 is 10.9 Å². The topological polar surface area (TPSA) is 62.7 Å². The summed E-state index contributed by atoms with van der Waals surface area (Å²) in [5.41, 5.74) is 3.34. The van der Waals surface area contributed by atoms with Gasteiger partial charge in [-0.15, -0.1) is 0 Å². The number of aromatic nitrogens is 2. The van der Waals surface area contributed by atoms with Crippen molar-refractivity contribution in [3.8, 4) is 40.0 Å². The molecule has 0 aliphatic carbocycles. The van der Waals surface area contributed by atoms with Crippen LogP contribution in [0.3, 0.4) is 0 Å². The lowest BCUT2D eigenvalue weighted by atomic mass is 10.1. The summed E-state index contributed by atoms with van der Waals surface area (Å²) < 4.78 is 22.4. The van der Waals surface area contributed by atoms with Crippen molar-refractivity contribution in [3.63, 3.8) is 0 Å². The molecule has 30 heavy (non-hydrogen) atoms. The van der Waals surface area contributed by atoms with E-state index in [1.54, 1.807) is 27.5 Å². The maximum atomic E-state index is 6.33. The average molecular weight is 402 g/mol. The predicted molar refractivity (Wildman–Crippen MR) is 116 cm³/mol. The van der Waals surface area contributed by atoms with E-state index in [2.05, 4.69) is 4.98 Å². The molecule has 6 nitrogen and oxygen atoms in total. The van der Waals surface area contributed by atoms with E-state index in [0.717, 1.165) is 33.6 Å². The van der Waals surface area contributed by atoms with Crippen molar-refractivity contribution in [1.82, 2.24) is 9.97 Å². The van der Waals surface area contributed by atoms with Gasteiger partial charge in [-0.2, -0.15) is 0 Å². The highest BCUT2D eigenvalue weighted by atomic mass is 16.5. The van der Waals surface area contributed by atoms with Crippen molar-refractivity contribution in [2.75, 3.05) is 21.3 Å². The van der Waals surface area contributed by atoms with E-state index in [-0.39, 0.29) is 0 Å². The first-order valence-corrected chi connectivity index (χ1v) is 9.43. The zero-order valence-electron chi connectivity index (χ0n) is 17.3. The Kier molecular flexibility index (Phi) is 5.39. The second-order valence-electron chi connectivity index (χ2n) is 6.66. The lowest BCUT2D eigenvalue weighted by Crippen LogP contribution is -1.96. The maximum absolute atomic E-state index is 6.33. The van der Waals surface area contributed by atoms with E-state index in [1.165, 1.54) is 0 Å². The van der Waals surface area contributed by atoms with Gasteiger partial charge in [0.2, 0.25) is 0 Å². The van der Waals surface area contributed by atoms with Crippen LogP contribution in [0, 0.1) is 6.92 Å². The van der Waals surface area contributed by atoms with Crippen LogP contribution in [-0.2, 0) is 0 Å². The van der Waals surface area contributed by atoms with Crippen LogP contribution in [0.5, 0.6) is 28.7 Å². The van der Waals surface area contributed by atoms with Gasteiger partial charge in [0.25, 0.3) is 0 Å². The lowest BCUT2D eigenvalue weighted by molar-refractivity contribution is 0.355. The molecule has 0 fully saturated rings. The highest BCUT2D eigenvalue weighted by Gasteiger charge is 2.14. The number of hydrogen-bond acceptors (Lipinski definition) is 6. The Morgan fingerprint density at radius 1 is 0.700 bits per heavy atom. The third-order valence-corrected chi connectivity index (χ3v) is 4.79. The Morgan fingerprint density at radius 3 is 2.13 bits per heavy atom. The summed E-state index contributed by atoms with van der Waals surface area (Å²) in [6.07, 6.45) is 1.71. The maximum Gasteiger partial charge on any atom is 0.162 e. The molecule has 0 saturated heterocycles. The Balaban J connectivity index is 1.80. The number of fused-ring (bicyclic) bond motifs is 1. The minimum Gasteiger partial charge on any atom is -0.497 e. The van der Waals surface area contributed by atoms with E-state index in [1.807, 2.05) is 61.5 Å². The Hall–Kier alpha value is -3.80. The van der Waals surface area contributed by atoms with Crippen LogP contribution in [0.1, 0.15) is 5.69 Å². The zero-order valence-corrected chi connectivity index (χ0v) is 17.3. The standard InChI is InChI=1S/C24H22N2O4/c1-15-5-10-21(24(26-15)16-6-8-17(27-2)9-7-16)30-20-11-12-25-19-14-23(29-4)22(28-3)13-18(19)20/h5-14H,1-4H3. The summed E-state index contributed by atoms with van der Waals surface area (Å²) in [4.78, 5) is 9.15. The molecule has 0 N–H and O–H groups in total. The Bertz CT molecular complexity index is 1190. The van der Waals surface area contributed by atoms with Crippen LogP contribution in [0.4, 0.5) is 0 Å². The predicted octanol–water partition coefficient (Wildman–Crippen LogP) is 5.42. The molecule has 0 atom stereocenters. The summed E-state index contributed by atoms with van der Waals surface area (Å²) in [5, 5.41) is 0.816. The smallest absolute Gasteiger partial charge is 0.162 e. The molecule has 0 spiro atoms. The Labute approximate surface area is 175 Å². The number of benzene rings is 2. The van der Waals surface area contributed by atoms with Crippen LogP contribution in [0.2, 0.25) is 0 Å². The molecular formula is C24H22N2O4. The molecule has 4 rings (SSSR count). The van der Waals surface area contributed by atoms with Crippen molar-refractivity contribution in [2.45, 2.75) is 6.92 Å². The quantitative estimate of drug-likeness (QED) is 0.429. The summed E-state index contributed by atoms with van der Waals surface area (Å²) in [7, 11) is 4.85. The highest BCUT2D eigenvalue weighted by Crippen LogP contribution is 2.39. The molecular weight excluding hydrogens is 380 g/mol. The minimum absolute atomic E-state index is 0.611. The largest absolute Gasteiger partial charge is 0.497 e. The van der Waals surface area contributed by atoms with E-state index >= 15 is 0 Å². The molecule has 0 aliphatic rings. The average Bonchev–Trinajstić information content (AvgIpc) is 2.79. The van der Waals surface area contributed by atoms with Crippen LogP contribution in [0.15, 0.2) is 60.8 Å². The summed E-state index contributed by atoms with van der Waals surface area (Å²) in [5.74, 6) is 3.32. The van der Waals surface area contributed by atoms with Crippen LogP contribution in [0.25, 0.3) is 22.2 Å². The molecule has 2 heterocycles. The van der Waals surface area contributed by atoms with E-state index in [9.17, 15) is 0 Å². The van der Waals surface area contributed by atoms with Crippen LogP contribution >= 0.6 is 0 Å². The molecule has 0 radical (unpaired) electrons. The van der Waals surface area contributed by atoms with Gasteiger partial charge in [0.05, 0.1) is 26.8 Å². The number of nitrogens with zero attached hydrogens (tertiary/aromatic N) is 2. The molecule has 0 saturated carbocycles. The van der Waals surface area contributed by atoms with Gasteiger partial charge in [0.15, 0.2) is 17.2 Å². The van der Waals surface area contributed by atoms with Gasteiger partial charge < -0.3 is 18.9 Å². The second kappa shape index (κ2) is 8.29. The van der Waals surface area contributed by atoms with Crippen molar-refractivity contribution in [3.05, 3.63) is 66.5 Å². The number of rotatable bonds is 6. The molecule has 0 bridgehead atoms. The number of hydrogen-bond donors (Lipinski definition) is 0. The van der Waals surface area contributed by atoms with Gasteiger partial charge in [0, 0.05) is 28.9 Å². The SMILES string of the molecule is COc1ccc(-c2nc(C)ccc2Oc2ccnc3cc(OC)c(OC)cc23)cc1.